The second kappa shape index (κ2) is 11.0. The Kier molecular flexibility index (Phi) is 8.65. The Morgan fingerprint density at radius 3 is 2.34 bits per heavy atom. The maximum absolute atomic E-state index is 12.9. The minimum absolute atomic E-state index is 0.0614. The number of nitrogens with one attached hydrogen (secondary N) is 1. The van der Waals surface area contributed by atoms with Gasteiger partial charge in [0.25, 0.3) is 0 Å². The van der Waals surface area contributed by atoms with E-state index in [1.165, 1.54) is 24.3 Å². The first kappa shape index (κ1) is 25.2. The van der Waals surface area contributed by atoms with Crippen LogP contribution in [0.4, 0.5) is 4.79 Å². The van der Waals surface area contributed by atoms with Gasteiger partial charge in [0.1, 0.15) is 10.6 Å². The van der Waals surface area contributed by atoms with Crippen molar-refractivity contribution in [1.82, 2.24) is 10.2 Å². The molecule has 0 aliphatic carbocycles. The van der Waals surface area contributed by atoms with Crippen molar-refractivity contribution in [2.75, 3.05) is 6.54 Å². The number of ether oxygens (including phenoxy) is 1. The van der Waals surface area contributed by atoms with Gasteiger partial charge in [-0.25, -0.2) is 9.59 Å². The van der Waals surface area contributed by atoms with Gasteiger partial charge >= 0.3 is 22.1 Å². The summed E-state index contributed by atoms with van der Waals surface area (Å²) in [7, 11) is -4.31. The van der Waals surface area contributed by atoms with Crippen LogP contribution in [0.5, 0.6) is 5.75 Å². The summed E-state index contributed by atoms with van der Waals surface area (Å²) in [6, 6.07) is 12.0. The molecule has 0 unspecified atom stereocenters. The second-order valence-corrected chi connectivity index (χ2v) is 9.21. The van der Waals surface area contributed by atoms with Crippen LogP contribution in [-0.4, -0.2) is 44.0 Å². The van der Waals surface area contributed by atoms with Crippen LogP contribution >= 0.6 is 0 Å². The van der Waals surface area contributed by atoms with Gasteiger partial charge in [-0.2, -0.15) is 8.42 Å². The maximum atomic E-state index is 12.9. The molecule has 2 amide bonds. The van der Waals surface area contributed by atoms with Gasteiger partial charge in [-0.1, -0.05) is 24.3 Å². The normalized spacial score (nSPS) is 11.3. The first-order valence-electron chi connectivity index (χ1n) is 10.4. The molecule has 1 N–H and O–H groups in total. The molecule has 0 bridgehead atoms. The molecular weight excluding hydrogens is 432 g/mol. The topological polar surface area (TPSA) is 102 Å². The number of hydrogen-bond donors (Lipinski definition) is 1. The van der Waals surface area contributed by atoms with Crippen LogP contribution < -0.4 is 9.50 Å². The van der Waals surface area contributed by atoms with Crippen molar-refractivity contribution in [3.05, 3.63) is 59.7 Å². The summed E-state index contributed by atoms with van der Waals surface area (Å²) in [4.78, 5) is 26.0. The number of rotatable bonds is 9. The molecule has 2 aromatic rings. The lowest BCUT2D eigenvalue weighted by molar-refractivity contribution is 0.0373. The largest absolute Gasteiger partial charge is 0.459 e. The molecule has 0 aliphatic heterocycles. The molecule has 174 valence electrons. The fourth-order valence-electron chi connectivity index (χ4n) is 2.94. The number of hydrogen-bond acceptors (Lipinski definition) is 6. The van der Waals surface area contributed by atoms with Gasteiger partial charge in [0, 0.05) is 19.1 Å². The van der Waals surface area contributed by atoms with Crippen molar-refractivity contribution in [2.24, 2.45) is 0 Å². The van der Waals surface area contributed by atoms with Crippen molar-refractivity contribution in [3.8, 4) is 5.75 Å². The third-order valence-corrected chi connectivity index (χ3v) is 5.70. The van der Waals surface area contributed by atoms with E-state index in [9.17, 15) is 18.0 Å². The lowest BCUT2D eigenvalue weighted by Crippen LogP contribution is -2.43. The molecule has 0 spiro atoms. The smallest absolute Gasteiger partial charge is 0.340 e. The summed E-state index contributed by atoms with van der Waals surface area (Å²) in [5.74, 6) is -0.667. The van der Waals surface area contributed by atoms with E-state index in [-0.39, 0.29) is 34.8 Å². The maximum Gasteiger partial charge on any atom is 0.340 e. The van der Waals surface area contributed by atoms with E-state index < -0.39 is 22.2 Å². The molecule has 0 radical (unpaired) electrons. The molecule has 2 aromatic carbocycles. The van der Waals surface area contributed by atoms with E-state index in [4.69, 9.17) is 8.92 Å². The van der Waals surface area contributed by atoms with E-state index in [2.05, 4.69) is 5.32 Å². The fourth-order valence-corrected chi connectivity index (χ4v) is 4.05. The minimum Gasteiger partial charge on any atom is -0.459 e. The van der Waals surface area contributed by atoms with E-state index in [1.54, 1.807) is 43.0 Å². The van der Waals surface area contributed by atoms with Crippen molar-refractivity contribution in [3.63, 3.8) is 0 Å². The third-order valence-electron chi connectivity index (χ3n) is 4.39. The van der Waals surface area contributed by atoms with Crippen molar-refractivity contribution in [1.29, 1.82) is 0 Å². The first-order valence-corrected chi connectivity index (χ1v) is 11.8. The number of urea groups is 1. The van der Waals surface area contributed by atoms with Gasteiger partial charge in [-0.05, 0) is 64.4 Å². The Bertz CT molecular complexity index is 1050. The van der Waals surface area contributed by atoms with E-state index in [0.29, 0.717) is 12.1 Å². The predicted octanol–water partition coefficient (Wildman–Crippen LogP) is 3.96. The third kappa shape index (κ3) is 6.71. The van der Waals surface area contributed by atoms with Gasteiger partial charge in [-0.3, -0.25) is 0 Å². The van der Waals surface area contributed by atoms with Crippen LogP contribution in [-0.2, 0) is 21.4 Å². The highest BCUT2D eigenvalue weighted by molar-refractivity contribution is 7.87. The summed E-state index contributed by atoms with van der Waals surface area (Å²) in [5.41, 5.74) is 0.602. The lowest BCUT2D eigenvalue weighted by atomic mass is 10.2. The zero-order chi connectivity index (χ0) is 23.9. The zero-order valence-corrected chi connectivity index (χ0v) is 19.8. The van der Waals surface area contributed by atoms with Crippen molar-refractivity contribution < 1.29 is 26.9 Å². The Hall–Kier alpha value is -3.07. The molecule has 0 fully saturated rings. The monoisotopic (exact) mass is 462 g/mol. The van der Waals surface area contributed by atoms with Gasteiger partial charge in [0.15, 0.2) is 0 Å². The molecule has 9 heteroatoms. The average Bonchev–Trinajstić information content (AvgIpc) is 2.71. The lowest BCUT2D eigenvalue weighted by Gasteiger charge is -2.27. The van der Waals surface area contributed by atoms with Crippen LogP contribution in [0.25, 0.3) is 0 Å². The minimum atomic E-state index is -4.31. The number of carbonyl (C=O) groups is 2. The van der Waals surface area contributed by atoms with E-state index >= 15 is 0 Å². The van der Waals surface area contributed by atoms with Crippen molar-refractivity contribution in [2.45, 2.75) is 58.2 Å². The predicted molar refractivity (Wildman–Crippen MR) is 121 cm³/mol. The van der Waals surface area contributed by atoms with Crippen LogP contribution in [0.3, 0.4) is 0 Å². The van der Waals surface area contributed by atoms with Crippen LogP contribution in [0.15, 0.2) is 53.4 Å². The molecule has 0 atom stereocenters. The Morgan fingerprint density at radius 2 is 1.72 bits per heavy atom. The number of benzene rings is 2. The van der Waals surface area contributed by atoms with Crippen molar-refractivity contribution >= 4 is 22.1 Å². The SMILES string of the molecule is CCNC(=O)N(Cc1cccc(OS(=O)(=O)c2ccccc2C(=O)OC(C)C)c1)C(C)C. The summed E-state index contributed by atoms with van der Waals surface area (Å²) in [6.45, 7) is 9.77. The zero-order valence-electron chi connectivity index (χ0n) is 19.0. The first-order chi connectivity index (χ1) is 15.0. The quantitative estimate of drug-likeness (QED) is 0.447. The number of amides is 2. The standard InChI is InChI=1S/C23H30N2O6S/c1-6-24-23(27)25(16(2)3)15-18-10-9-11-19(14-18)31-32(28,29)21-13-8-7-12-20(21)22(26)30-17(4)5/h7-14,16-17H,6,15H2,1-5H3,(H,24,27). The number of carbonyl (C=O) groups excluding carboxylic acids is 2. The number of nitrogens with zero attached hydrogens (tertiary/aromatic N) is 1. The molecule has 2 rings (SSSR count). The molecule has 0 aromatic heterocycles. The van der Waals surface area contributed by atoms with Gasteiger partial charge in [-0.15, -0.1) is 0 Å². The average molecular weight is 463 g/mol. The highest BCUT2D eigenvalue weighted by atomic mass is 32.2. The highest BCUT2D eigenvalue weighted by Crippen LogP contribution is 2.24. The molecule has 0 aliphatic rings. The Morgan fingerprint density at radius 1 is 1.03 bits per heavy atom. The Balaban J connectivity index is 2.29. The molecule has 8 nitrogen and oxygen atoms in total. The van der Waals surface area contributed by atoms with Gasteiger partial charge in [0.05, 0.1) is 11.7 Å². The summed E-state index contributed by atoms with van der Waals surface area (Å²) in [5, 5.41) is 2.77. The molecule has 0 heterocycles. The van der Waals surface area contributed by atoms with Crippen LogP contribution in [0, 0.1) is 0 Å². The van der Waals surface area contributed by atoms with Gasteiger partial charge < -0.3 is 19.1 Å². The summed E-state index contributed by atoms with van der Waals surface area (Å²) >= 11 is 0. The molecule has 32 heavy (non-hydrogen) atoms. The summed E-state index contributed by atoms with van der Waals surface area (Å²) < 4.78 is 36.4. The molecular formula is C23H30N2O6S. The van der Waals surface area contributed by atoms with Crippen LogP contribution in [0.2, 0.25) is 0 Å². The molecule has 0 saturated heterocycles. The number of esters is 1. The Labute approximate surface area is 189 Å². The van der Waals surface area contributed by atoms with E-state index in [1.807, 2.05) is 20.8 Å². The van der Waals surface area contributed by atoms with E-state index in [0.717, 1.165) is 0 Å². The highest BCUT2D eigenvalue weighted by Gasteiger charge is 2.26. The second-order valence-electron chi connectivity index (χ2n) is 7.69. The van der Waals surface area contributed by atoms with Gasteiger partial charge in [0.2, 0.25) is 0 Å². The van der Waals surface area contributed by atoms with Crippen LogP contribution in [0.1, 0.15) is 50.5 Å². The fraction of sp³-hybridized carbons (Fsp3) is 0.391. The molecule has 0 saturated carbocycles. The summed E-state index contributed by atoms with van der Waals surface area (Å²) in [6.07, 6.45) is -0.398.